The van der Waals surface area contributed by atoms with Crippen molar-refractivity contribution in [2.75, 3.05) is 33.7 Å². The van der Waals surface area contributed by atoms with Crippen molar-refractivity contribution in [2.45, 2.75) is 72.3 Å². The van der Waals surface area contributed by atoms with Gasteiger partial charge in [-0.05, 0) is 78.6 Å². The zero-order valence-corrected chi connectivity index (χ0v) is 25.4. The van der Waals surface area contributed by atoms with Gasteiger partial charge in [0.25, 0.3) is 10.1 Å². The van der Waals surface area contributed by atoms with Gasteiger partial charge in [-0.1, -0.05) is 32.9 Å². The number of hydrogen-bond acceptors (Lipinski definition) is 9. The van der Waals surface area contributed by atoms with Crippen molar-refractivity contribution < 1.29 is 41.1 Å². The van der Waals surface area contributed by atoms with E-state index in [1.165, 1.54) is 25.3 Å². The first kappa shape index (κ1) is 34.9. The molecule has 0 aliphatic rings. The monoisotopic (exact) mass is 580 g/mol. The average molecular weight is 581 g/mol. The standard InChI is InChI=1S/C15H22O6S.C15H22O3/c1-4-12-8-13(11-21-22(3,17)18)10-14(9-12)20-7-5-6-15(16)19-2;1-4-12-9-13(5-2)11-14(10-12)18-8-6-7-15(16)17-3/h8-10H,4-7,11H2,1-3H3;9-11H,4-8H2,1-3H3. The van der Waals surface area contributed by atoms with Crippen LogP contribution < -0.4 is 9.47 Å². The summed E-state index contributed by atoms with van der Waals surface area (Å²) in [6.45, 7) is 7.18. The van der Waals surface area contributed by atoms with Crippen LogP contribution in [0, 0.1) is 0 Å². The second-order valence-corrected chi connectivity index (χ2v) is 10.7. The molecule has 0 bridgehead atoms. The number of carbonyl (C=O) groups excluding carboxylic acids is 2. The number of hydrogen-bond donors (Lipinski definition) is 0. The summed E-state index contributed by atoms with van der Waals surface area (Å²) in [6, 6.07) is 11.9. The van der Waals surface area contributed by atoms with Crippen LogP contribution in [0.2, 0.25) is 0 Å². The van der Waals surface area contributed by atoms with Crippen molar-refractivity contribution in [3.63, 3.8) is 0 Å². The van der Waals surface area contributed by atoms with Crippen molar-refractivity contribution in [1.82, 2.24) is 0 Å². The fourth-order valence-corrected chi connectivity index (χ4v) is 3.86. The van der Waals surface area contributed by atoms with Crippen molar-refractivity contribution in [3.05, 3.63) is 58.7 Å². The predicted molar refractivity (Wildman–Crippen MR) is 154 cm³/mol. The van der Waals surface area contributed by atoms with Gasteiger partial charge in [-0.3, -0.25) is 13.8 Å². The number of aryl methyl sites for hydroxylation is 3. The van der Waals surface area contributed by atoms with Gasteiger partial charge in [-0.25, -0.2) is 0 Å². The Hall–Kier alpha value is -3.11. The molecule has 0 amide bonds. The Morgan fingerprint density at radius 1 is 0.650 bits per heavy atom. The van der Waals surface area contributed by atoms with E-state index in [0.29, 0.717) is 44.6 Å². The molecule has 0 fully saturated rings. The lowest BCUT2D eigenvalue weighted by molar-refractivity contribution is -0.141. The Labute approximate surface area is 239 Å². The molecule has 2 aromatic carbocycles. The second kappa shape index (κ2) is 19.0. The molecule has 0 unspecified atom stereocenters. The van der Waals surface area contributed by atoms with Gasteiger partial charge in [-0.15, -0.1) is 0 Å². The Morgan fingerprint density at radius 3 is 1.38 bits per heavy atom. The first-order valence-electron chi connectivity index (χ1n) is 13.5. The Morgan fingerprint density at radius 2 is 1.02 bits per heavy atom. The molecule has 0 saturated heterocycles. The molecule has 0 aliphatic carbocycles. The number of esters is 2. The van der Waals surface area contributed by atoms with Gasteiger partial charge in [0, 0.05) is 12.8 Å². The van der Waals surface area contributed by atoms with E-state index >= 15 is 0 Å². The van der Waals surface area contributed by atoms with Crippen LogP contribution in [0.15, 0.2) is 36.4 Å². The molecular formula is C30H44O9S. The van der Waals surface area contributed by atoms with Gasteiger partial charge in [0.15, 0.2) is 0 Å². The van der Waals surface area contributed by atoms with Crippen LogP contribution in [0.5, 0.6) is 11.5 Å². The summed E-state index contributed by atoms with van der Waals surface area (Å²) in [5, 5.41) is 0. The summed E-state index contributed by atoms with van der Waals surface area (Å²) in [6.07, 6.45) is 5.77. The van der Waals surface area contributed by atoms with Crippen LogP contribution in [0.1, 0.15) is 68.7 Å². The third-order valence-electron chi connectivity index (χ3n) is 5.76. The molecule has 0 N–H and O–H groups in total. The summed E-state index contributed by atoms with van der Waals surface area (Å²) >= 11 is 0. The highest BCUT2D eigenvalue weighted by Crippen LogP contribution is 2.20. The van der Waals surface area contributed by atoms with Crippen molar-refractivity contribution in [2.24, 2.45) is 0 Å². The van der Waals surface area contributed by atoms with E-state index < -0.39 is 10.1 Å². The minimum atomic E-state index is -3.48. The third-order valence-corrected chi connectivity index (χ3v) is 6.31. The van der Waals surface area contributed by atoms with Gasteiger partial charge in [0.05, 0.1) is 40.3 Å². The lowest BCUT2D eigenvalue weighted by atomic mass is 10.1. The van der Waals surface area contributed by atoms with Crippen LogP contribution in [0.3, 0.4) is 0 Å². The number of benzene rings is 2. The second-order valence-electron chi connectivity index (χ2n) is 9.05. The molecule has 0 aliphatic heterocycles. The van der Waals surface area contributed by atoms with Gasteiger partial charge < -0.3 is 18.9 Å². The molecule has 0 heterocycles. The molecule has 10 heteroatoms. The maximum Gasteiger partial charge on any atom is 0.305 e. The molecule has 2 rings (SSSR count). The molecule has 9 nitrogen and oxygen atoms in total. The number of carbonyl (C=O) groups is 2. The fraction of sp³-hybridized carbons (Fsp3) is 0.533. The molecule has 0 atom stereocenters. The molecule has 2 aromatic rings. The SMILES string of the molecule is CCc1cc(CC)cc(OCCCC(=O)OC)c1.CCc1cc(COS(C)(=O)=O)cc(OCCCC(=O)OC)c1. The van der Waals surface area contributed by atoms with Crippen LogP contribution in [-0.4, -0.2) is 54.0 Å². The average Bonchev–Trinajstić information content (AvgIpc) is 2.95. The van der Waals surface area contributed by atoms with Gasteiger partial charge in [0.2, 0.25) is 0 Å². The maximum absolute atomic E-state index is 11.0. The topological polar surface area (TPSA) is 114 Å². The molecule has 224 valence electrons. The molecule has 40 heavy (non-hydrogen) atoms. The van der Waals surface area contributed by atoms with E-state index in [0.717, 1.165) is 42.4 Å². The van der Waals surface area contributed by atoms with Crippen molar-refractivity contribution >= 4 is 22.1 Å². The minimum absolute atomic E-state index is 0.0226. The number of rotatable bonds is 16. The Balaban J connectivity index is 0.000000408. The quantitative estimate of drug-likeness (QED) is 0.150. The fourth-order valence-electron chi connectivity index (χ4n) is 3.51. The van der Waals surface area contributed by atoms with E-state index in [1.807, 2.05) is 19.1 Å². The lowest BCUT2D eigenvalue weighted by Gasteiger charge is -2.10. The smallest absolute Gasteiger partial charge is 0.305 e. The Bertz CT molecular complexity index is 1140. The normalized spacial score (nSPS) is 10.8. The maximum atomic E-state index is 11.0. The van der Waals surface area contributed by atoms with E-state index in [4.69, 9.17) is 13.7 Å². The zero-order chi connectivity index (χ0) is 30.0. The van der Waals surface area contributed by atoms with E-state index in [2.05, 4.69) is 41.5 Å². The van der Waals surface area contributed by atoms with Crippen LogP contribution in [-0.2, 0) is 59.2 Å². The predicted octanol–water partition coefficient (Wildman–Crippen LogP) is 5.20. The lowest BCUT2D eigenvalue weighted by Crippen LogP contribution is -2.06. The van der Waals surface area contributed by atoms with Crippen LogP contribution >= 0.6 is 0 Å². The summed E-state index contributed by atoms with van der Waals surface area (Å²) in [5.74, 6) is 1.08. The highest BCUT2D eigenvalue weighted by molar-refractivity contribution is 7.85. The van der Waals surface area contributed by atoms with Crippen LogP contribution in [0.4, 0.5) is 0 Å². The third kappa shape index (κ3) is 15.5. The summed E-state index contributed by atoms with van der Waals surface area (Å²) in [7, 11) is -0.727. The largest absolute Gasteiger partial charge is 0.494 e. The number of methoxy groups -OCH3 is 2. The molecule has 0 aromatic heterocycles. The van der Waals surface area contributed by atoms with Gasteiger partial charge >= 0.3 is 11.9 Å². The van der Waals surface area contributed by atoms with E-state index in [1.54, 1.807) is 6.07 Å². The minimum Gasteiger partial charge on any atom is -0.494 e. The number of ether oxygens (including phenoxy) is 4. The van der Waals surface area contributed by atoms with Crippen molar-refractivity contribution in [1.29, 1.82) is 0 Å². The Kier molecular flexibility index (Phi) is 16.6. The first-order chi connectivity index (χ1) is 19.0. The molecule has 0 radical (unpaired) electrons. The molecule has 0 saturated carbocycles. The highest BCUT2D eigenvalue weighted by Gasteiger charge is 2.07. The molecular weight excluding hydrogens is 536 g/mol. The van der Waals surface area contributed by atoms with Gasteiger partial charge in [0.1, 0.15) is 11.5 Å². The summed E-state index contributed by atoms with van der Waals surface area (Å²) in [4.78, 5) is 22.0. The van der Waals surface area contributed by atoms with Crippen LogP contribution in [0.25, 0.3) is 0 Å². The first-order valence-corrected chi connectivity index (χ1v) is 15.3. The zero-order valence-electron chi connectivity index (χ0n) is 24.6. The summed E-state index contributed by atoms with van der Waals surface area (Å²) < 4.78 is 47.3. The van der Waals surface area contributed by atoms with E-state index in [-0.39, 0.29) is 18.5 Å². The van der Waals surface area contributed by atoms with Crippen molar-refractivity contribution in [3.8, 4) is 11.5 Å². The summed E-state index contributed by atoms with van der Waals surface area (Å²) in [5.41, 5.74) is 4.33. The molecule has 0 spiro atoms. The van der Waals surface area contributed by atoms with E-state index in [9.17, 15) is 18.0 Å². The van der Waals surface area contributed by atoms with Gasteiger partial charge in [-0.2, -0.15) is 8.42 Å². The highest BCUT2D eigenvalue weighted by atomic mass is 32.2.